The summed E-state index contributed by atoms with van der Waals surface area (Å²) in [6.45, 7) is 8.72. The number of imide groups is 1. The van der Waals surface area contributed by atoms with E-state index >= 15 is 0 Å². The Morgan fingerprint density at radius 1 is 1.07 bits per heavy atom. The van der Waals surface area contributed by atoms with Crippen LogP contribution in [0.3, 0.4) is 0 Å². The number of hydrogen-bond donors (Lipinski definition) is 0. The largest absolute Gasteiger partial charge is 0.366 e. The molecule has 0 saturated carbocycles. The number of likely N-dealkylation sites (N-methyl/N-ethyl adjacent to an activating group) is 1. The van der Waals surface area contributed by atoms with Crippen LogP contribution in [0.1, 0.15) is 49.3 Å². The van der Waals surface area contributed by atoms with E-state index in [0.29, 0.717) is 17.8 Å². The van der Waals surface area contributed by atoms with Gasteiger partial charge in [0, 0.05) is 19.6 Å². The second kappa shape index (κ2) is 8.48. The fourth-order valence-corrected chi connectivity index (χ4v) is 4.13. The van der Waals surface area contributed by atoms with Crippen LogP contribution in [0.25, 0.3) is 5.57 Å². The van der Waals surface area contributed by atoms with Gasteiger partial charge in [-0.05, 0) is 69.9 Å². The minimum Gasteiger partial charge on any atom is -0.366 e. The summed E-state index contributed by atoms with van der Waals surface area (Å²) in [6, 6.07) is 6.35. The summed E-state index contributed by atoms with van der Waals surface area (Å²) >= 11 is 0. The van der Waals surface area contributed by atoms with E-state index in [9.17, 15) is 9.59 Å². The molecule has 0 spiro atoms. The van der Waals surface area contributed by atoms with Gasteiger partial charge in [-0.1, -0.05) is 31.5 Å². The maximum atomic E-state index is 13.3. The minimum atomic E-state index is -0.142. The SMILES string of the molecule is CCCCN1C(=O)C(c2ccc(C)c(C)c2)=C(N(C)C2CCN(C)CC2)C1=O. The molecule has 0 N–H and O–H groups in total. The van der Waals surface area contributed by atoms with Gasteiger partial charge in [-0.3, -0.25) is 14.5 Å². The topological polar surface area (TPSA) is 43.9 Å². The number of unbranched alkanes of at least 4 members (excludes halogenated alkanes) is 1. The number of carbonyl (C=O) groups is 2. The Morgan fingerprint density at radius 3 is 2.36 bits per heavy atom. The molecule has 1 saturated heterocycles. The standard InChI is InChI=1S/C23H33N3O2/c1-6-7-12-26-22(27)20(18-9-8-16(2)17(3)15-18)21(23(26)28)25(5)19-10-13-24(4)14-11-19/h8-9,15,19H,6-7,10-14H2,1-5H3. The van der Waals surface area contributed by atoms with Crippen LogP contribution in [-0.4, -0.2) is 66.3 Å². The van der Waals surface area contributed by atoms with Crippen molar-refractivity contribution in [2.45, 2.75) is 52.5 Å². The van der Waals surface area contributed by atoms with Crippen molar-refractivity contribution in [3.63, 3.8) is 0 Å². The highest BCUT2D eigenvalue weighted by Crippen LogP contribution is 2.34. The Kier molecular flexibility index (Phi) is 6.23. The third-order valence-corrected chi connectivity index (χ3v) is 6.26. The van der Waals surface area contributed by atoms with Gasteiger partial charge in [0.1, 0.15) is 5.70 Å². The number of piperidine rings is 1. The van der Waals surface area contributed by atoms with Crippen LogP contribution >= 0.6 is 0 Å². The summed E-state index contributed by atoms with van der Waals surface area (Å²) in [4.78, 5) is 32.4. The van der Waals surface area contributed by atoms with E-state index in [1.54, 1.807) is 0 Å². The molecule has 0 aromatic heterocycles. The van der Waals surface area contributed by atoms with Crippen LogP contribution < -0.4 is 0 Å². The molecular formula is C23H33N3O2. The number of benzene rings is 1. The normalized spacial score (nSPS) is 19.1. The number of amides is 2. The molecule has 0 atom stereocenters. The molecule has 0 aliphatic carbocycles. The molecule has 5 nitrogen and oxygen atoms in total. The summed E-state index contributed by atoms with van der Waals surface area (Å²) in [5, 5.41) is 0. The van der Waals surface area contributed by atoms with Crippen molar-refractivity contribution in [2.75, 3.05) is 33.7 Å². The molecule has 1 aromatic rings. The summed E-state index contributed by atoms with van der Waals surface area (Å²) in [6.07, 6.45) is 3.80. The predicted molar refractivity (Wildman–Crippen MR) is 113 cm³/mol. The lowest BCUT2D eigenvalue weighted by Crippen LogP contribution is -2.43. The predicted octanol–water partition coefficient (Wildman–Crippen LogP) is 3.21. The first-order valence-corrected chi connectivity index (χ1v) is 10.4. The van der Waals surface area contributed by atoms with E-state index in [0.717, 1.165) is 49.9 Å². The van der Waals surface area contributed by atoms with Gasteiger partial charge in [0.2, 0.25) is 0 Å². The molecule has 0 bridgehead atoms. The zero-order valence-electron chi connectivity index (χ0n) is 17.9. The molecule has 2 amide bonds. The van der Waals surface area contributed by atoms with Crippen molar-refractivity contribution in [3.05, 3.63) is 40.6 Å². The first-order valence-electron chi connectivity index (χ1n) is 10.4. The molecule has 28 heavy (non-hydrogen) atoms. The van der Waals surface area contributed by atoms with E-state index in [2.05, 4.69) is 37.6 Å². The van der Waals surface area contributed by atoms with Gasteiger partial charge in [-0.15, -0.1) is 0 Å². The highest BCUT2D eigenvalue weighted by Gasteiger charge is 2.42. The van der Waals surface area contributed by atoms with Crippen molar-refractivity contribution in [1.29, 1.82) is 0 Å². The smallest absolute Gasteiger partial charge is 0.277 e. The maximum absolute atomic E-state index is 13.3. The monoisotopic (exact) mass is 383 g/mol. The zero-order valence-corrected chi connectivity index (χ0v) is 17.9. The molecule has 2 heterocycles. The molecule has 152 valence electrons. The molecule has 1 fully saturated rings. The number of hydrogen-bond acceptors (Lipinski definition) is 4. The van der Waals surface area contributed by atoms with Gasteiger partial charge in [0.15, 0.2) is 0 Å². The van der Waals surface area contributed by atoms with Crippen LogP contribution in [-0.2, 0) is 9.59 Å². The van der Waals surface area contributed by atoms with Gasteiger partial charge < -0.3 is 9.80 Å². The Bertz CT molecular complexity index is 791. The molecular weight excluding hydrogens is 350 g/mol. The van der Waals surface area contributed by atoms with Gasteiger partial charge in [-0.2, -0.15) is 0 Å². The second-order valence-electron chi connectivity index (χ2n) is 8.28. The lowest BCUT2D eigenvalue weighted by atomic mass is 9.97. The van der Waals surface area contributed by atoms with Crippen molar-refractivity contribution in [1.82, 2.24) is 14.7 Å². The third-order valence-electron chi connectivity index (χ3n) is 6.26. The Morgan fingerprint density at radius 2 is 1.75 bits per heavy atom. The first-order chi connectivity index (χ1) is 13.3. The van der Waals surface area contributed by atoms with Crippen LogP contribution in [0.5, 0.6) is 0 Å². The van der Waals surface area contributed by atoms with E-state index in [1.165, 1.54) is 10.5 Å². The van der Waals surface area contributed by atoms with Gasteiger partial charge >= 0.3 is 0 Å². The summed E-state index contributed by atoms with van der Waals surface area (Å²) in [7, 11) is 4.12. The molecule has 1 aromatic carbocycles. The summed E-state index contributed by atoms with van der Waals surface area (Å²) < 4.78 is 0. The van der Waals surface area contributed by atoms with Gasteiger partial charge in [0.05, 0.1) is 5.57 Å². The Hall–Kier alpha value is -2.14. The van der Waals surface area contributed by atoms with Crippen molar-refractivity contribution >= 4 is 17.4 Å². The van der Waals surface area contributed by atoms with E-state index < -0.39 is 0 Å². The van der Waals surface area contributed by atoms with Crippen LogP contribution in [0, 0.1) is 13.8 Å². The van der Waals surface area contributed by atoms with E-state index in [1.807, 2.05) is 25.2 Å². The fraction of sp³-hybridized carbons (Fsp3) is 0.565. The van der Waals surface area contributed by atoms with Crippen molar-refractivity contribution in [2.24, 2.45) is 0 Å². The average Bonchev–Trinajstić information content (AvgIpc) is 2.92. The van der Waals surface area contributed by atoms with Gasteiger partial charge in [-0.25, -0.2) is 0 Å². The second-order valence-corrected chi connectivity index (χ2v) is 8.28. The summed E-state index contributed by atoms with van der Waals surface area (Å²) in [5.41, 5.74) is 4.34. The molecule has 2 aliphatic rings. The molecule has 3 rings (SSSR count). The lowest BCUT2D eigenvalue weighted by Gasteiger charge is -2.36. The number of aryl methyl sites for hydroxylation is 2. The number of carbonyl (C=O) groups excluding carboxylic acids is 2. The highest BCUT2D eigenvalue weighted by molar-refractivity contribution is 6.35. The first kappa shape index (κ1) is 20.6. The van der Waals surface area contributed by atoms with Crippen molar-refractivity contribution < 1.29 is 9.59 Å². The highest BCUT2D eigenvalue weighted by atomic mass is 16.2. The van der Waals surface area contributed by atoms with E-state index in [-0.39, 0.29) is 17.9 Å². The summed E-state index contributed by atoms with van der Waals surface area (Å²) in [5.74, 6) is -0.274. The Balaban J connectivity index is 2.02. The minimum absolute atomic E-state index is 0.131. The van der Waals surface area contributed by atoms with Crippen LogP contribution in [0.2, 0.25) is 0 Å². The van der Waals surface area contributed by atoms with E-state index in [4.69, 9.17) is 0 Å². The quantitative estimate of drug-likeness (QED) is 0.708. The zero-order chi connectivity index (χ0) is 20.4. The van der Waals surface area contributed by atoms with Crippen LogP contribution in [0.15, 0.2) is 23.9 Å². The number of rotatable bonds is 6. The average molecular weight is 384 g/mol. The lowest BCUT2D eigenvalue weighted by molar-refractivity contribution is -0.137. The number of nitrogens with zero attached hydrogens (tertiary/aromatic N) is 3. The molecule has 5 heteroatoms. The Labute approximate surface area is 169 Å². The third kappa shape index (κ3) is 3.86. The molecule has 2 aliphatic heterocycles. The van der Waals surface area contributed by atoms with Crippen molar-refractivity contribution in [3.8, 4) is 0 Å². The molecule has 0 unspecified atom stereocenters. The fourth-order valence-electron chi connectivity index (χ4n) is 4.13. The molecule has 0 radical (unpaired) electrons. The number of likely N-dealkylation sites (tertiary alicyclic amines) is 1. The maximum Gasteiger partial charge on any atom is 0.277 e. The van der Waals surface area contributed by atoms with Crippen LogP contribution in [0.4, 0.5) is 0 Å². The van der Waals surface area contributed by atoms with Gasteiger partial charge in [0.25, 0.3) is 11.8 Å².